The van der Waals surface area contributed by atoms with E-state index in [1.54, 1.807) is 12.1 Å². The Morgan fingerprint density at radius 2 is 2.32 bits per heavy atom. The number of nitriles is 1. The minimum atomic E-state index is -0.435. The Morgan fingerprint density at radius 3 is 2.89 bits per heavy atom. The molecule has 5 nitrogen and oxygen atoms in total. The molecule has 1 aromatic rings. The second-order valence-electron chi connectivity index (χ2n) is 5.03. The molecule has 2 atom stereocenters. The van der Waals surface area contributed by atoms with Crippen molar-refractivity contribution in [1.29, 1.82) is 5.26 Å². The SMILES string of the molecule is CCC1CCC(Nc2ccc(C#N)cc2[N+](=O)[O-])C1. The second kappa shape index (κ2) is 5.70. The summed E-state index contributed by atoms with van der Waals surface area (Å²) in [6.45, 7) is 2.18. The van der Waals surface area contributed by atoms with Gasteiger partial charge in [-0.15, -0.1) is 0 Å². The highest BCUT2D eigenvalue weighted by Crippen LogP contribution is 2.33. The van der Waals surface area contributed by atoms with Crippen molar-refractivity contribution in [2.75, 3.05) is 5.32 Å². The molecule has 1 aliphatic carbocycles. The molecular formula is C14H17N3O2. The Bertz CT molecular complexity index is 522. The van der Waals surface area contributed by atoms with Gasteiger partial charge in [0, 0.05) is 12.1 Å². The zero-order valence-corrected chi connectivity index (χ0v) is 10.9. The van der Waals surface area contributed by atoms with Crippen molar-refractivity contribution in [3.05, 3.63) is 33.9 Å². The third-order valence-electron chi connectivity index (χ3n) is 3.80. The number of benzene rings is 1. The van der Waals surface area contributed by atoms with E-state index in [0.29, 0.717) is 17.3 Å². The van der Waals surface area contributed by atoms with Crippen LogP contribution in [0.4, 0.5) is 11.4 Å². The monoisotopic (exact) mass is 259 g/mol. The van der Waals surface area contributed by atoms with E-state index in [0.717, 1.165) is 25.2 Å². The summed E-state index contributed by atoms with van der Waals surface area (Å²) < 4.78 is 0. The van der Waals surface area contributed by atoms with Crippen LogP contribution in [0.5, 0.6) is 0 Å². The molecule has 1 N–H and O–H groups in total. The second-order valence-corrected chi connectivity index (χ2v) is 5.03. The lowest BCUT2D eigenvalue weighted by atomic mass is 10.1. The van der Waals surface area contributed by atoms with Crippen LogP contribution >= 0.6 is 0 Å². The third-order valence-corrected chi connectivity index (χ3v) is 3.80. The van der Waals surface area contributed by atoms with Gasteiger partial charge in [0.25, 0.3) is 5.69 Å². The van der Waals surface area contributed by atoms with Crippen molar-refractivity contribution in [3.8, 4) is 6.07 Å². The lowest BCUT2D eigenvalue weighted by molar-refractivity contribution is -0.384. The molecule has 0 radical (unpaired) electrons. The van der Waals surface area contributed by atoms with Crippen LogP contribution in [-0.4, -0.2) is 11.0 Å². The van der Waals surface area contributed by atoms with E-state index in [1.807, 2.05) is 6.07 Å². The number of nitro benzene ring substituents is 1. The molecule has 100 valence electrons. The molecule has 1 fully saturated rings. The molecule has 2 unspecified atom stereocenters. The van der Waals surface area contributed by atoms with Gasteiger partial charge in [-0.1, -0.05) is 13.3 Å². The van der Waals surface area contributed by atoms with Gasteiger partial charge in [0.1, 0.15) is 5.69 Å². The van der Waals surface area contributed by atoms with Gasteiger partial charge in [-0.2, -0.15) is 5.26 Å². The fourth-order valence-electron chi connectivity index (χ4n) is 2.67. The normalized spacial score (nSPS) is 21.9. The summed E-state index contributed by atoms with van der Waals surface area (Å²) in [5.41, 5.74) is 0.819. The minimum Gasteiger partial charge on any atom is -0.377 e. The smallest absolute Gasteiger partial charge is 0.293 e. The number of hydrogen-bond acceptors (Lipinski definition) is 4. The van der Waals surface area contributed by atoms with E-state index in [2.05, 4.69) is 12.2 Å². The fraction of sp³-hybridized carbons (Fsp3) is 0.500. The predicted molar refractivity (Wildman–Crippen MR) is 72.9 cm³/mol. The highest BCUT2D eigenvalue weighted by atomic mass is 16.6. The Hall–Kier alpha value is -2.09. The summed E-state index contributed by atoms with van der Waals surface area (Å²) in [6.07, 6.45) is 4.45. The van der Waals surface area contributed by atoms with Gasteiger partial charge >= 0.3 is 0 Å². The maximum Gasteiger partial charge on any atom is 0.293 e. The third kappa shape index (κ3) is 3.02. The zero-order chi connectivity index (χ0) is 13.8. The van der Waals surface area contributed by atoms with Crippen LogP contribution in [0.1, 0.15) is 38.2 Å². The first-order chi connectivity index (χ1) is 9.13. The molecule has 0 amide bonds. The lowest BCUT2D eigenvalue weighted by Crippen LogP contribution is -2.16. The van der Waals surface area contributed by atoms with Crippen molar-refractivity contribution < 1.29 is 4.92 Å². The lowest BCUT2D eigenvalue weighted by Gasteiger charge is -2.14. The molecule has 0 heterocycles. The molecule has 0 spiro atoms. The highest BCUT2D eigenvalue weighted by Gasteiger charge is 2.25. The molecule has 0 aromatic heterocycles. The van der Waals surface area contributed by atoms with Crippen LogP contribution in [0, 0.1) is 27.4 Å². The molecule has 1 aliphatic rings. The molecular weight excluding hydrogens is 242 g/mol. The molecule has 2 rings (SSSR count). The van der Waals surface area contributed by atoms with Crippen molar-refractivity contribution >= 4 is 11.4 Å². The molecule has 19 heavy (non-hydrogen) atoms. The number of hydrogen-bond donors (Lipinski definition) is 1. The Balaban J connectivity index is 2.16. The van der Waals surface area contributed by atoms with Crippen LogP contribution in [0.3, 0.4) is 0 Å². The van der Waals surface area contributed by atoms with Crippen LogP contribution in [0.15, 0.2) is 18.2 Å². The standard InChI is InChI=1S/C14H17N3O2/c1-2-10-3-5-12(7-10)16-13-6-4-11(9-15)8-14(13)17(18)19/h4,6,8,10,12,16H,2-3,5,7H2,1H3. The van der Waals surface area contributed by atoms with Crippen molar-refractivity contribution in [2.24, 2.45) is 5.92 Å². The van der Waals surface area contributed by atoms with Crippen molar-refractivity contribution in [3.63, 3.8) is 0 Å². The van der Waals surface area contributed by atoms with Crippen LogP contribution in [0.25, 0.3) is 0 Å². The molecule has 1 aromatic carbocycles. The Kier molecular flexibility index (Phi) is 4.00. The number of nitrogens with one attached hydrogen (secondary N) is 1. The summed E-state index contributed by atoms with van der Waals surface area (Å²) in [4.78, 5) is 10.6. The Morgan fingerprint density at radius 1 is 1.53 bits per heavy atom. The molecule has 0 saturated heterocycles. The van der Waals surface area contributed by atoms with E-state index in [9.17, 15) is 10.1 Å². The summed E-state index contributed by atoms with van der Waals surface area (Å²) in [5.74, 6) is 0.718. The van der Waals surface area contributed by atoms with Gasteiger partial charge in [0.15, 0.2) is 0 Å². The molecule has 0 bridgehead atoms. The van der Waals surface area contributed by atoms with Crippen LogP contribution in [-0.2, 0) is 0 Å². The number of nitro groups is 1. The minimum absolute atomic E-state index is 0.0148. The zero-order valence-electron chi connectivity index (χ0n) is 10.9. The summed E-state index contributed by atoms with van der Waals surface area (Å²) >= 11 is 0. The van der Waals surface area contributed by atoms with Gasteiger partial charge < -0.3 is 5.32 Å². The van der Waals surface area contributed by atoms with E-state index < -0.39 is 4.92 Å². The maximum atomic E-state index is 11.0. The van der Waals surface area contributed by atoms with E-state index in [4.69, 9.17) is 5.26 Å². The van der Waals surface area contributed by atoms with Crippen LogP contribution in [0.2, 0.25) is 0 Å². The highest BCUT2D eigenvalue weighted by molar-refractivity contribution is 5.64. The van der Waals surface area contributed by atoms with Gasteiger partial charge in [0.2, 0.25) is 0 Å². The van der Waals surface area contributed by atoms with Gasteiger partial charge in [-0.3, -0.25) is 10.1 Å². The predicted octanol–water partition coefficient (Wildman–Crippen LogP) is 3.46. The largest absolute Gasteiger partial charge is 0.377 e. The van der Waals surface area contributed by atoms with E-state index in [1.165, 1.54) is 12.5 Å². The summed E-state index contributed by atoms with van der Waals surface area (Å²) in [7, 11) is 0. The van der Waals surface area contributed by atoms with Crippen molar-refractivity contribution in [2.45, 2.75) is 38.6 Å². The molecule has 0 aliphatic heterocycles. The maximum absolute atomic E-state index is 11.0. The van der Waals surface area contributed by atoms with Gasteiger partial charge in [0.05, 0.1) is 16.6 Å². The Labute approximate surface area is 112 Å². The van der Waals surface area contributed by atoms with E-state index >= 15 is 0 Å². The summed E-state index contributed by atoms with van der Waals surface area (Å²) in [6, 6.07) is 6.80. The quantitative estimate of drug-likeness (QED) is 0.663. The number of nitrogens with zero attached hydrogens (tertiary/aromatic N) is 2. The first-order valence-electron chi connectivity index (χ1n) is 6.59. The fourth-order valence-corrected chi connectivity index (χ4v) is 2.67. The number of rotatable bonds is 4. The van der Waals surface area contributed by atoms with Crippen molar-refractivity contribution in [1.82, 2.24) is 0 Å². The summed E-state index contributed by atoms with van der Waals surface area (Å²) in [5, 5.41) is 23.1. The first-order valence-corrected chi connectivity index (χ1v) is 6.59. The first kappa shape index (κ1) is 13.3. The topological polar surface area (TPSA) is 79.0 Å². The molecule has 1 saturated carbocycles. The van der Waals surface area contributed by atoms with Gasteiger partial charge in [-0.05, 0) is 37.3 Å². The van der Waals surface area contributed by atoms with E-state index in [-0.39, 0.29) is 5.69 Å². The molecule has 5 heteroatoms. The average Bonchev–Trinajstić information content (AvgIpc) is 2.86. The number of anilines is 1. The van der Waals surface area contributed by atoms with Crippen LogP contribution < -0.4 is 5.32 Å². The van der Waals surface area contributed by atoms with Gasteiger partial charge in [-0.25, -0.2) is 0 Å². The average molecular weight is 259 g/mol.